The van der Waals surface area contributed by atoms with Crippen LogP contribution in [0.4, 0.5) is 5.69 Å². The van der Waals surface area contributed by atoms with Gasteiger partial charge in [0.25, 0.3) is 10.0 Å². The lowest BCUT2D eigenvalue weighted by Gasteiger charge is -2.06. The van der Waals surface area contributed by atoms with Crippen LogP contribution in [0.2, 0.25) is 0 Å². The molecule has 0 heterocycles. The highest BCUT2D eigenvalue weighted by molar-refractivity contribution is 7.95. The van der Waals surface area contributed by atoms with Gasteiger partial charge in [0.2, 0.25) is 0 Å². The van der Waals surface area contributed by atoms with E-state index < -0.39 is 10.0 Å². The van der Waals surface area contributed by atoms with Crippen molar-refractivity contribution in [2.75, 3.05) is 4.72 Å². The van der Waals surface area contributed by atoms with Gasteiger partial charge >= 0.3 is 0 Å². The maximum absolute atomic E-state index is 12.1. The second-order valence-corrected chi connectivity index (χ2v) is 6.49. The van der Waals surface area contributed by atoms with Gasteiger partial charge in [0.1, 0.15) is 0 Å². The van der Waals surface area contributed by atoms with Gasteiger partial charge in [-0.1, -0.05) is 60.7 Å². The molecule has 3 aromatic carbocycles. The first-order valence-electron chi connectivity index (χ1n) is 6.87. The van der Waals surface area contributed by atoms with Crippen molar-refractivity contribution in [3.63, 3.8) is 0 Å². The zero-order valence-corrected chi connectivity index (χ0v) is 12.6. The SMILES string of the molecule is O=S(=O)(/C=C/c1ccccc1)Nc1ccc2ccccc2c1. The van der Waals surface area contributed by atoms with Crippen LogP contribution >= 0.6 is 0 Å². The van der Waals surface area contributed by atoms with Crippen LogP contribution in [0.15, 0.2) is 78.2 Å². The second kappa shape index (κ2) is 6.03. The van der Waals surface area contributed by atoms with Gasteiger partial charge in [-0.05, 0) is 34.5 Å². The normalized spacial score (nSPS) is 11.8. The van der Waals surface area contributed by atoms with Crippen molar-refractivity contribution in [3.8, 4) is 0 Å². The Bertz CT molecular complexity index is 916. The molecule has 0 saturated heterocycles. The molecule has 4 heteroatoms. The fourth-order valence-corrected chi connectivity index (χ4v) is 3.04. The largest absolute Gasteiger partial charge is 0.280 e. The summed E-state index contributed by atoms with van der Waals surface area (Å²) >= 11 is 0. The van der Waals surface area contributed by atoms with E-state index in [-0.39, 0.29) is 0 Å². The summed E-state index contributed by atoms with van der Waals surface area (Å²) in [6.45, 7) is 0. The Morgan fingerprint density at radius 2 is 1.45 bits per heavy atom. The summed E-state index contributed by atoms with van der Waals surface area (Å²) in [7, 11) is -3.53. The minimum absolute atomic E-state index is 0.552. The van der Waals surface area contributed by atoms with Crippen LogP contribution in [0.3, 0.4) is 0 Å². The average Bonchev–Trinajstić information content (AvgIpc) is 2.54. The van der Waals surface area contributed by atoms with Crippen molar-refractivity contribution in [2.45, 2.75) is 0 Å². The molecule has 1 N–H and O–H groups in total. The number of fused-ring (bicyclic) bond motifs is 1. The van der Waals surface area contributed by atoms with E-state index in [2.05, 4.69) is 4.72 Å². The van der Waals surface area contributed by atoms with Crippen LogP contribution in [0.25, 0.3) is 16.8 Å². The molecule has 110 valence electrons. The Labute approximate surface area is 130 Å². The molecule has 0 unspecified atom stereocenters. The highest BCUT2D eigenvalue weighted by Gasteiger charge is 2.06. The van der Waals surface area contributed by atoms with Crippen molar-refractivity contribution in [3.05, 3.63) is 83.8 Å². The number of nitrogens with one attached hydrogen (secondary N) is 1. The third-order valence-corrected chi connectivity index (χ3v) is 4.26. The Balaban J connectivity index is 1.82. The fourth-order valence-electron chi connectivity index (χ4n) is 2.18. The molecule has 0 spiro atoms. The molecule has 0 aliphatic heterocycles. The first-order valence-corrected chi connectivity index (χ1v) is 8.42. The predicted octanol–water partition coefficient (Wildman–Crippen LogP) is 4.25. The summed E-state index contributed by atoms with van der Waals surface area (Å²) in [6, 6.07) is 22.6. The summed E-state index contributed by atoms with van der Waals surface area (Å²) in [6.07, 6.45) is 1.57. The van der Waals surface area contributed by atoms with Gasteiger partial charge in [-0.25, -0.2) is 8.42 Å². The Morgan fingerprint density at radius 3 is 2.23 bits per heavy atom. The van der Waals surface area contributed by atoms with Gasteiger partial charge in [0.15, 0.2) is 0 Å². The Hall–Kier alpha value is -2.59. The summed E-state index contributed by atoms with van der Waals surface area (Å²) in [4.78, 5) is 0. The molecule has 0 aromatic heterocycles. The van der Waals surface area contributed by atoms with Gasteiger partial charge in [0.05, 0.1) is 5.41 Å². The summed E-state index contributed by atoms with van der Waals surface area (Å²) in [5, 5.41) is 3.25. The molecule has 3 aromatic rings. The van der Waals surface area contributed by atoms with Crippen LogP contribution in [-0.2, 0) is 10.0 Å². The molecular weight excluding hydrogens is 294 g/mol. The molecule has 0 atom stereocenters. The highest BCUT2D eigenvalue weighted by Crippen LogP contribution is 2.20. The molecule has 0 fully saturated rings. The van der Waals surface area contributed by atoms with Crippen molar-refractivity contribution < 1.29 is 8.42 Å². The number of sulfonamides is 1. The van der Waals surface area contributed by atoms with Gasteiger partial charge in [0, 0.05) is 5.69 Å². The van der Waals surface area contributed by atoms with E-state index in [0.29, 0.717) is 5.69 Å². The number of hydrogen-bond acceptors (Lipinski definition) is 2. The number of anilines is 1. The molecular formula is C18H15NO2S. The van der Waals surface area contributed by atoms with Crippen LogP contribution in [0, 0.1) is 0 Å². The maximum atomic E-state index is 12.1. The molecule has 0 radical (unpaired) electrons. The van der Waals surface area contributed by atoms with E-state index in [1.165, 1.54) is 5.41 Å². The van der Waals surface area contributed by atoms with E-state index in [0.717, 1.165) is 16.3 Å². The van der Waals surface area contributed by atoms with E-state index in [4.69, 9.17) is 0 Å². The maximum Gasteiger partial charge on any atom is 0.255 e. The lowest BCUT2D eigenvalue weighted by molar-refractivity contribution is 0.609. The molecule has 3 nitrogen and oxygen atoms in total. The lowest BCUT2D eigenvalue weighted by Crippen LogP contribution is -2.08. The fraction of sp³-hybridized carbons (Fsp3) is 0. The van der Waals surface area contributed by atoms with Crippen molar-refractivity contribution >= 4 is 32.6 Å². The topological polar surface area (TPSA) is 46.2 Å². The van der Waals surface area contributed by atoms with E-state index in [9.17, 15) is 8.42 Å². The van der Waals surface area contributed by atoms with Gasteiger partial charge in [-0.2, -0.15) is 0 Å². The van der Waals surface area contributed by atoms with Crippen LogP contribution < -0.4 is 4.72 Å². The standard InChI is InChI=1S/C18H15NO2S/c20-22(21,13-12-15-6-2-1-3-7-15)19-18-11-10-16-8-4-5-9-17(16)14-18/h1-14,19H/b13-12+. The van der Waals surface area contributed by atoms with Crippen molar-refractivity contribution in [2.24, 2.45) is 0 Å². The lowest BCUT2D eigenvalue weighted by atomic mass is 10.1. The van der Waals surface area contributed by atoms with E-state index >= 15 is 0 Å². The van der Waals surface area contributed by atoms with Crippen LogP contribution in [0.1, 0.15) is 5.56 Å². The highest BCUT2D eigenvalue weighted by atomic mass is 32.2. The van der Waals surface area contributed by atoms with Gasteiger partial charge in [-0.3, -0.25) is 4.72 Å². The minimum atomic E-state index is -3.53. The molecule has 22 heavy (non-hydrogen) atoms. The van der Waals surface area contributed by atoms with Crippen molar-refractivity contribution in [1.29, 1.82) is 0 Å². The molecule has 0 bridgehead atoms. The zero-order valence-electron chi connectivity index (χ0n) is 11.8. The zero-order chi connectivity index (χ0) is 15.4. The Kier molecular flexibility index (Phi) is 3.94. The first kappa shape index (κ1) is 14.4. The first-order chi connectivity index (χ1) is 10.6. The van der Waals surface area contributed by atoms with E-state index in [1.54, 1.807) is 12.1 Å². The van der Waals surface area contributed by atoms with Gasteiger partial charge < -0.3 is 0 Å². The smallest absolute Gasteiger partial charge is 0.255 e. The minimum Gasteiger partial charge on any atom is -0.280 e. The quantitative estimate of drug-likeness (QED) is 0.783. The molecule has 0 saturated carbocycles. The summed E-state index contributed by atoms with van der Waals surface area (Å²) in [5.41, 5.74) is 1.39. The molecule has 0 aliphatic rings. The molecule has 3 rings (SSSR count). The van der Waals surface area contributed by atoms with Gasteiger partial charge in [-0.15, -0.1) is 0 Å². The van der Waals surface area contributed by atoms with Crippen molar-refractivity contribution in [1.82, 2.24) is 0 Å². The Morgan fingerprint density at radius 1 is 0.773 bits per heavy atom. The van der Waals surface area contributed by atoms with E-state index in [1.807, 2.05) is 66.7 Å². The third-order valence-electron chi connectivity index (χ3n) is 3.25. The summed E-state index contributed by atoms with van der Waals surface area (Å²) < 4.78 is 26.8. The average molecular weight is 309 g/mol. The predicted molar refractivity (Wildman–Crippen MR) is 92.0 cm³/mol. The monoisotopic (exact) mass is 309 g/mol. The molecule has 0 aliphatic carbocycles. The summed E-state index contributed by atoms with van der Waals surface area (Å²) in [5.74, 6) is 0. The third kappa shape index (κ3) is 3.54. The van der Waals surface area contributed by atoms with Crippen LogP contribution in [-0.4, -0.2) is 8.42 Å². The number of rotatable bonds is 4. The number of benzene rings is 3. The molecule has 0 amide bonds. The van der Waals surface area contributed by atoms with Crippen LogP contribution in [0.5, 0.6) is 0 Å². The second-order valence-electron chi connectivity index (χ2n) is 4.92. The number of hydrogen-bond donors (Lipinski definition) is 1.